The zero-order valence-corrected chi connectivity index (χ0v) is 10.5. The Morgan fingerprint density at radius 2 is 1.62 bits per heavy atom. The molecular weight excluding hydrogens is 191 g/mol. The van der Waals surface area contributed by atoms with E-state index in [4.69, 9.17) is 31.4 Å². The van der Waals surface area contributed by atoms with Crippen LogP contribution in [0.4, 0.5) is 0 Å². The summed E-state index contributed by atoms with van der Waals surface area (Å²) in [5.41, 5.74) is 4.02. The first-order valence-corrected chi connectivity index (χ1v) is 5.38. The molecule has 2 nitrogen and oxygen atoms in total. The first-order valence-electron chi connectivity index (χ1n) is 5.38. The Morgan fingerprint density at radius 3 is 2.00 bits per heavy atom. The fourth-order valence-electron chi connectivity index (χ4n) is 1.62. The molecule has 0 unspecified atom stereocenters. The maximum atomic E-state index is 6.04. The lowest BCUT2D eigenvalue weighted by Gasteiger charge is -2.52. The Labute approximate surface area is 104 Å². The first-order chi connectivity index (χ1) is 6.98. The molecule has 0 bridgehead atoms. The van der Waals surface area contributed by atoms with E-state index in [9.17, 15) is 0 Å². The van der Waals surface area contributed by atoms with Crippen molar-refractivity contribution in [3.05, 3.63) is 11.8 Å². The van der Waals surface area contributed by atoms with Crippen molar-refractivity contribution in [3.63, 3.8) is 0 Å². The van der Waals surface area contributed by atoms with E-state index in [0.717, 1.165) is 5.70 Å². The van der Waals surface area contributed by atoms with Gasteiger partial charge in [0.1, 0.15) is 0 Å². The van der Waals surface area contributed by atoms with Crippen molar-refractivity contribution < 1.29 is 0 Å². The largest absolute Gasteiger partial charge is 0.325 e. The summed E-state index contributed by atoms with van der Waals surface area (Å²) in [6.45, 7) is 8.53. The van der Waals surface area contributed by atoms with Gasteiger partial charge in [0.05, 0.1) is 31.4 Å². The summed E-state index contributed by atoms with van der Waals surface area (Å²) in [6, 6.07) is 0. The lowest BCUT2D eigenvalue weighted by molar-refractivity contribution is 0.172. The van der Waals surface area contributed by atoms with Crippen LogP contribution in [-0.4, -0.2) is 48.3 Å². The van der Waals surface area contributed by atoms with E-state index in [1.165, 1.54) is 0 Å². The minimum Gasteiger partial charge on any atom is -0.325 e. The number of rotatable bonds is 2. The Hall–Kier alpha value is -0.240. The van der Waals surface area contributed by atoms with Crippen LogP contribution in [0.2, 0.25) is 5.21 Å². The molecule has 0 atom stereocenters. The van der Waals surface area contributed by atoms with Crippen molar-refractivity contribution in [2.24, 2.45) is 5.41 Å². The van der Waals surface area contributed by atoms with Gasteiger partial charge < -0.3 is 5.01 Å². The summed E-state index contributed by atoms with van der Waals surface area (Å²) in [5.74, 6) is 0. The molecule has 78 valence electrons. The Kier molecular flexibility index (Phi) is 3.37. The van der Waals surface area contributed by atoms with E-state index in [0.29, 0.717) is 6.54 Å². The molecule has 0 aromatic carbocycles. The van der Waals surface area contributed by atoms with Crippen LogP contribution in [-0.2, 0) is 0 Å². The van der Waals surface area contributed by atoms with Crippen LogP contribution in [0.3, 0.4) is 0 Å². The van der Waals surface area contributed by atoms with E-state index < -0.39 is 10.6 Å². The second kappa shape index (κ2) is 3.90. The first kappa shape index (κ1) is 13.8. The van der Waals surface area contributed by atoms with Crippen LogP contribution < -0.4 is 5.43 Å². The van der Waals surface area contributed by atoms with Crippen molar-refractivity contribution in [2.75, 3.05) is 6.54 Å². The fraction of sp³-hybridized carbons (Fsp3) is 0.800. The molecule has 8 radical (unpaired) electrons. The van der Waals surface area contributed by atoms with Crippen LogP contribution in [0.15, 0.2) is 11.8 Å². The summed E-state index contributed by atoms with van der Waals surface area (Å²) >= 11 is 0. The van der Waals surface area contributed by atoms with Crippen molar-refractivity contribution >= 4 is 31.4 Å². The molecule has 16 heavy (non-hydrogen) atoms. The second-order valence-corrected chi connectivity index (χ2v) is 5.65. The summed E-state index contributed by atoms with van der Waals surface area (Å²) in [7, 11) is 23.7. The minimum atomic E-state index is -1.34. The molecule has 1 rings (SSSR count). The Balaban J connectivity index is 3.03. The smallest absolute Gasteiger partial charge is 0.0910 e. The molecule has 6 heteroatoms. The Morgan fingerprint density at radius 1 is 1.12 bits per heavy atom. The fourth-order valence-corrected chi connectivity index (χ4v) is 1.62. The van der Waals surface area contributed by atoms with Crippen molar-refractivity contribution in [1.29, 1.82) is 0 Å². The highest BCUT2D eigenvalue weighted by Crippen LogP contribution is 2.39. The Bertz CT molecular complexity index is 299. The van der Waals surface area contributed by atoms with Gasteiger partial charge in [-0.2, -0.15) is 0 Å². The zero-order valence-electron chi connectivity index (χ0n) is 10.5. The molecule has 1 aliphatic heterocycles. The molecule has 0 spiro atoms. The summed E-state index contributed by atoms with van der Waals surface area (Å²) in [5, 5.41) is -0.885. The van der Waals surface area contributed by atoms with Crippen LogP contribution in [0.5, 0.6) is 0 Å². The number of hydrogen-bond donors (Lipinski definition) is 1. The number of hydrazine groups is 1. The molecular formula is C10H16B4N2. The van der Waals surface area contributed by atoms with Gasteiger partial charge >= 0.3 is 0 Å². The van der Waals surface area contributed by atoms with E-state index in [-0.39, 0.29) is 5.41 Å². The van der Waals surface area contributed by atoms with E-state index in [2.05, 4.69) is 26.2 Å². The molecule has 1 aliphatic rings. The highest BCUT2D eigenvalue weighted by Gasteiger charge is 2.41. The molecule has 0 aliphatic carbocycles. The van der Waals surface area contributed by atoms with Gasteiger partial charge in [0, 0.05) is 17.7 Å². The summed E-state index contributed by atoms with van der Waals surface area (Å²) in [6.07, 6.45) is 2.04. The van der Waals surface area contributed by atoms with Gasteiger partial charge in [-0.3, -0.25) is 0 Å². The van der Waals surface area contributed by atoms with Gasteiger partial charge in [0.15, 0.2) is 0 Å². The predicted octanol–water partition coefficient (Wildman–Crippen LogP) is 0.200. The highest BCUT2D eigenvalue weighted by atomic mass is 15.6. The molecule has 0 aromatic rings. The monoisotopic (exact) mass is 208 g/mol. The third-order valence-electron chi connectivity index (χ3n) is 2.79. The molecule has 1 heterocycles. The van der Waals surface area contributed by atoms with Gasteiger partial charge in [0.2, 0.25) is 0 Å². The van der Waals surface area contributed by atoms with Crippen LogP contribution in [0, 0.1) is 5.41 Å². The van der Waals surface area contributed by atoms with Gasteiger partial charge in [0.25, 0.3) is 0 Å². The predicted molar refractivity (Wildman–Crippen MR) is 71.5 cm³/mol. The number of nitrogens with zero attached hydrogens (tertiary/aromatic N) is 1. The van der Waals surface area contributed by atoms with E-state index in [1.807, 2.05) is 6.08 Å². The van der Waals surface area contributed by atoms with Crippen molar-refractivity contribution in [3.8, 4) is 0 Å². The van der Waals surface area contributed by atoms with Gasteiger partial charge in [-0.1, -0.05) is 32.9 Å². The van der Waals surface area contributed by atoms with Crippen LogP contribution in [0.25, 0.3) is 0 Å². The standard InChI is InChI=1S/C10H16B4N2/c1-8(2,3)7-5-6-15-16(7)10(13,14)9(4,11)12/h5,15H,6H2,1-4H3. The van der Waals surface area contributed by atoms with Crippen LogP contribution in [0.1, 0.15) is 27.7 Å². The maximum Gasteiger partial charge on any atom is 0.0910 e. The van der Waals surface area contributed by atoms with E-state index in [1.54, 1.807) is 11.9 Å². The molecule has 0 amide bonds. The normalized spacial score (nSPS) is 18.8. The SMILES string of the molecule is [B]C([B])(C)C([B])([B])N1NCC=C1C(C)(C)C. The quantitative estimate of drug-likeness (QED) is 0.651. The highest BCUT2D eigenvalue weighted by molar-refractivity contribution is 6.54. The summed E-state index contributed by atoms with van der Waals surface area (Å²) < 4.78 is 0. The third kappa shape index (κ3) is 2.37. The van der Waals surface area contributed by atoms with Crippen molar-refractivity contribution in [2.45, 2.75) is 38.2 Å². The zero-order chi connectivity index (χ0) is 12.8. The number of allylic oxidation sites excluding steroid dienone is 1. The van der Waals surface area contributed by atoms with Crippen molar-refractivity contribution in [1.82, 2.24) is 10.4 Å². The molecule has 1 N–H and O–H groups in total. The van der Waals surface area contributed by atoms with Crippen LogP contribution >= 0.6 is 0 Å². The molecule has 0 saturated carbocycles. The van der Waals surface area contributed by atoms with E-state index >= 15 is 0 Å². The van der Waals surface area contributed by atoms with Gasteiger partial charge in [-0.05, 0) is 11.4 Å². The minimum absolute atomic E-state index is 0.0707. The topological polar surface area (TPSA) is 15.3 Å². The maximum absolute atomic E-state index is 6.04. The number of hydrogen-bond acceptors (Lipinski definition) is 2. The average molecular weight is 208 g/mol. The molecule has 0 saturated heterocycles. The van der Waals surface area contributed by atoms with Gasteiger partial charge in [-0.15, -0.1) is 0 Å². The van der Waals surface area contributed by atoms with Gasteiger partial charge in [-0.25, -0.2) is 5.43 Å². The lowest BCUT2D eigenvalue weighted by Crippen LogP contribution is -2.61. The molecule has 0 aromatic heterocycles. The second-order valence-electron chi connectivity index (χ2n) is 5.65. The third-order valence-corrected chi connectivity index (χ3v) is 2.79. The lowest BCUT2D eigenvalue weighted by atomic mass is 9.34. The number of nitrogens with one attached hydrogen (secondary N) is 1. The molecule has 0 fully saturated rings. The summed E-state index contributed by atoms with van der Waals surface area (Å²) in [4.78, 5) is 0. The average Bonchev–Trinajstić information content (AvgIpc) is 2.47.